The van der Waals surface area contributed by atoms with Crippen molar-refractivity contribution in [1.29, 1.82) is 0 Å². The van der Waals surface area contributed by atoms with E-state index in [0.29, 0.717) is 13.2 Å². The first-order chi connectivity index (χ1) is 11.7. The number of benzene rings is 1. The molecule has 0 atom stereocenters. The Morgan fingerprint density at radius 3 is 2.21 bits per heavy atom. The molecule has 2 saturated heterocycles. The topological polar surface area (TPSA) is 80.4 Å². The van der Waals surface area contributed by atoms with Gasteiger partial charge in [-0.25, -0.2) is 4.99 Å². The molecule has 8 nitrogen and oxygen atoms in total. The number of amidine groups is 1. The number of hydrogen-bond donors (Lipinski definition) is 0. The lowest BCUT2D eigenvalue weighted by molar-refractivity contribution is -0.384. The minimum Gasteiger partial charge on any atom is -0.379 e. The molecule has 24 heavy (non-hydrogen) atoms. The summed E-state index contributed by atoms with van der Waals surface area (Å²) in [6.45, 7) is 7.05. The number of non-ortho nitro benzene ring substituents is 1. The van der Waals surface area contributed by atoms with E-state index in [1.54, 1.807) is 12.1 Å². The second-order valence-corrected chi connectivity index (χ2v) is 5.79. The van der Waals surface area contributed by atoms with Crippen LogP contribution in [0.3, 0.4) is 0 Å². The first-order valence-corrected chi connectivity index (χ1v) is 8.17. The number of hydrogen-bond acceptors (Lipinski definition) is 6. The number of nitro groups is 1. The van der Waals surface area contributed by atoms with Crippen LogP contribution in [0, 0.1) is 10.1 Å². The molecular formula is C16H22N4O4. The second kappa shape index (κ2) is 8.18. The number of ether oxygens (including phenoxy) is 2. The molecule has 2 heterocycles. The molecule has 0 radical (unpaired) electrons. The summed E-state index contributed by atoms with van der Waals surface area (Å²) in [6, 6.07) is 6.37. The molecule has 0 aromatic heterocycles. The predicted molar refractivity (Wildman–Crippen MR) is 89.8 cm³/mol. The molecule has 0 saturated carbocycles. The molecule has 0 unspecified atom stereocenters. The van der Waals surface area contributed by atoms with Crippen molar-refractivity contribution in [3.05, 3.63) is 34.4 Å². The standard InChI is InChI=1S/C16H22N4O4/c21-20(22)15-3-1-14(2-4-15)17-16(19-7-11-24-12-8-19)13-18-5-9-23-10-6-18/h1-4H,5-13H2. The third-order valence-corrected chi connectivity index (χ3v) is 4.16. The van der Waals surface area contributed by atoms with Crippen LogP contribution in [0.5, 0.6) is 0 Å². The van der Waals surface area contributed by atoms with Crippen LogP contribution in [0.4, 0.5) is 11.4 Å². The Morgan fingerprint density at radius 2 is 1.62 bits per heavy atom. The smallest absolute Gasteiger partial charge is 0.269 e. The molecule has 1 aromatic carbocycles. The van der Waals surface area contributed by atoms with Gasteiger partial charge in [-0.2, -0.15) is 0 Å². The van der Waals surface area contributed by atoms with Crippen molar-refractivity contribution in [1.82, 2.24) is 9.80 Å². The highest BCUT2D eigenvalue weighted by Crippen LogP contribution is 2.19. The van der Waals surface area contributed by atoms with Crippen LogP contribution in [-0.4, -0.2) is 79.7 Å². The maximum atomic E-state index is 10.8. The summed E-state index contributed by atoms with van der Waals surface area (Å²) >= 11 is 0. The summed E-state index contributed by atoms with van der Waals surface area (Å²) < 4.78 is 10.8. The third kappa shape index (κ3) is 4.50. The van der Waals surface area contributed by atoms with Gasteiger partial charge in [-0.3, -0.25) is 15.0 Å². The Morgan fingerprint density at radius 1 is 1.04 bits per heavy atom. The molecule has 2 fully saturated rings. The molecule has 0 aliphatic carbocycles. The first-order valence-electron chi connectivity index (χ1n) is 8.17. The summed E-state index contributed by atoms with van der Waals surface area (Å²) in [5, 5.41) is 10.8. The molecule has 8 heteroatoms. The Labute approximate surface area is 140 Å². The average Bonchev–Trinajstić information content (AvgIpc) is 2.63. The number of nitrogens with zero attached hydrogens (tertiary/aromatic N) is 4. The van der Waals surface area contributed by atoms with Gasteiger partial charge in [0.1, 0.15) is 5.84 Å². The highest BCUT2D eigenvalue weighted by Gasteiger charge is 2.20. The highest BCUT2D eigenvalue weighted by molar-refractivity contribution is 5.87. The van der Waals surface area contributed by atoms with Crippen molar-refractivity contribution < 1.29 is 14.4 Å². The van der Waals surface area contributed by atoms with E-state index >= 15 is 0 Å². The SMILES string of the molecule is O=[N+]([O-])c1ccc(N=C(CN2CCOCC2)N2CCOCC2)cc1. The summed E-state index contributed by atoms with van der Waals surface area (Å²) in [7, 11) is 0. The minimum absolute atomic E-state index is 0.0788. The van der Waals surface area contributed by atoms with Crippen molar-refractivity contribution in [3.8, 4) is 0 Å². The van der Waals surface area contributed by atoms with Crippen LogP contribution >= 0.6 is 0 Å². The van der Waals surface area contributed by atoms with E-state index in [2.05, 4.69) is 9.80 Å². The lowest BCUT2D eigenvalue weighted by Gasteiger charge is -2.34. The van der Waals surface area contributed by atoms with Crippen LogP contribution in [-0.2, 0) is 9.47 Å². The van der Waals surface area contributed by atoms with Gasteiger partial charge < -0.3 is 14.4 Å². The van der Waals surface area contributed by atoms with Crippen molar-refractivity contribution >= 4 is 17.2 Å². The van der Waals surface area contributed by atoms with E-state index < -0.39 is 4.92 Å². The van der Waals surface area contributed by atoms with Crippen LogP contribution in [0.25, 0.3) is 0 Å². The zero-order valence-electron chi connectivity index (χ0n) is 13.6. The van der Waals surface area contributed by atoms with Gasteiger partial charge in [-0.15, -0.1) is 0 Å². The van der Waals surface area contributed by atoms with Crippen LogP contribution in [0.1, 0.15) is 0 Å². The molecule has 3 rings (SSSR count). The Bertz CT molecular complexity index is 578. The molecule has 130 valence electrons. The van der Waals surface area contributed by atoms with E-state index in [1.807, 2.05) is 0 Å². The largest absolute Gasteiger partial charge is 0.379 e. The van der Waals surface area contributed by atoms with E-state index in [9.17, 15) is 10.1 Å². The average molecular weight is 334 g/mol. The lowest BCUT2D eigenvalue weighted by atomic mass is 10.3. The van der Waals surface area contributed by atoms with Gasteiger partial charge in [0.05, 0.1) is 43.6 Å². The highest BCUT2D eigenvalue weighted by atomic mass is 16.6. The van der Waals surface area contributed by atoms with Gasteiger partial charge in [0.15, 0.2) is 0 Å². The fourth-order valence-electron chi connectivity index (χ4n) is 2.78. The molecule has 0 amide bonds. The second-order valence-electron chi connectivity index (χ2n) is 5.79. The lowest BCUT2D eigenvalue weighted by Crippen LogP contribution is -2.48. The fourth-order valence-corrected chi connectivity index (χ4v) is 2.78. The Kier molecular flexibility index (Phi) is 5.73. The maximum absolute atomic E-state index is 10.8. The predicted octanol–water partition coefficient (Wildman–Crippen LogP) is 1.29. The van der Waals surface area contributed by atoms with Crippen molar-refractivity contribution in [2.45, 2.75) is 0 Å². The van der Waals surface area contributed by atoms with Gasteiger partial charge in [0.25, 0.3) is 5.69 Å². The van der Waals surface area contributed by atoms with Gasteiger partial charge in [0, 0.05) is 38.3 Å². The van der Waals surface area contributed by atoms with E-state index in [4.69, 9.17) is 14.5 Å². The van der Waals surface area contributed by atoms with Crippen LogP contribution < -0.4 is 0 Å². The van der Waals surface area contributed by atoms with Gasteiger partial charge in [0.2, 0.25) is 0 Å². The monoisotopic (exact) mass is 334 g/mol. The molecular weight excluding hydrogens is 312 g/mol. The molecule has 2 aliphatic rings. The van der Waals surface area contributed by atoms with Crippen LogP contribution in [0.15, 0.2) is 29.3 Å². The molecule has 0 N–H and O–H groups in total. The number of nitro benzene ring substituents is 1. The van der Waals surface area contributed by atoms with Crippen LogP contribution in [0.2, 0.25) is 0 Å². The molecule has 1 aromatic rings. The zero-order valence-corrected chi connectivity index (χ0v) is 13.6. The van der Waals surface area contributed by atoms with Crippen molar-refractivity contribution in [3.63, 3.8) is 0 Å². The van der Waals surface area contributed by atoms with E-state index in [0.717, 1.165) is 57.5 Å². The summed E-state index contributed by atoms with van der Waals surface area (Å²) in [4.78, 5) is 19.7. The molecule has 0 spiro atoms. The summed E-state index contributed by atoms with van der Waals surface area (Å²) in [5.74, 6) is 0.981. The Balaban J connectivity index is 1.77. The number of morpholine rings is 2. The number of aliphatic imine (C=N–C) groups is 1. The fraction of sp³-hybridized carbons (Fsp3) is 0.562. The minimum atomic E-state index is -0.399. The van der Waals surface area contributed by atoms with Crippen molar-refractivity contribution in [2.75, 3.05) is 59.2 Å². The van der Waals surface area contributed by atoms with E-state index in [1.165, 1.54) is 12.1 Å². The third-order valence-electron chi connectivity index (χ3n) is 4.16. The quantitative estimate of drug-likeness (QED) is 0.357. The summed E-state index contributed by atoms with van der Waals surface area (Å²) in [6.07, 6.45) is 0. The van der Waals surface area contributed by atoms with E-state index in [-0.39, 0.29) is 5.69 Å². The maximum Gasteiger partial charge on any atom is 0.269 e. The summed E-state index contributed by atoms with van der Waals surface area (Å²) in [5.41, 5.74) is 0.811. The van der Waals surface area contributed by atoms with Gasteiger partial charge >= 0.3 is 0 Å². The first kappa shape index (κ1) is 16.8. The number of rotatable bonds is 4. The zero-order chi connectivity index (χ0) is 16.8. The molecule has 0 bridgehead atoms. The van der Waals surface area contributed by atoms with Gasteiger partial charge in [-0.1, -0.05) is 0 Å². The van der Waals surface area contributed by atoms with Gasteiger partial charge in [-0.05, 0) is 12.1 Å². The molecule has 2 aliphatic heterocycles. The Hall–Kier alpha value is -2.03. The van der Waals surface area contributed by atoms with Crippen molar-refractivity contribution in [2.24, 2.45) is 4.99 Å². The normalized spacial score (nSPS) is 20.2.